The van der Waals surface area contributed by atoms with Gasteiger partial charge in [-0.2, -0.15) is 0 Å². The first kappa shape index (κ1) is 20.5. The van der Waals surface area contributed by atoms with Crippen LogP contribution in [-0.2, 0) is 12.8 Å². The van der Waals surface area contributed by atoms with Crippen molar-refractivity contribution in [2.24, 2.45) is 0 Å². The van der Waals surface area contributed by atoms with Crippen LogP contribution in [0.3, 0.4) is 0 Å². The summed E-state index contributed by atoms with van der Waals surface area (Å²) in [5.41, 5.74) is 5.45. The van der Waals surface area contributed by atoms with Gasteiger partial charge in [-0.1, -0.05) is 0 Å². The SMILES string of the molecule is [Se]=P1(C2CCc3ccccc3C2)Oc2ccc3ccccc3c2-c2c(ccc3ccccc23)O1. The fourth-order valence-electron chi connectivity index (χ4n) is 5.56. The van der Waals surface area contributed by atoms with E-state index in [-0.39, 0.29) is 0 Å². The molecule has 0 fully saturated rings. The summed E-state index contributed by atoms with van der Waals surface area (Å²) in [5, 5.41) is 4.81. The first-order valence-corrected chi connectivity index (χ1v) is 15.7. The molecule has 0 aromatic heterocycles. The van der Waals surface area contributed by atoms with Crippen LogP contribution >= 0.6 is 5.96 Å². The van der Waals surface area contributed by atoms with Gasteiger partial charge in [0.25, 0.3) is 0 Å². The van der Waals surface area contributed by atoms with E-state index in [4.69, 9.17) is 9.05 Å². The first-order valence-electron chi connectivity index (χ1n) is 11.8. The van der Waals surface area contributed by atoms with Crippen LogP contribution in [0.15, 0.2) is 97.1 Å². The van der Waals surface area contributed by atoms with Crippen molar-refractivity contribution in [1.82, 2.24) is 0 Å². The van der Waals surface area contributed by atoms with Gasteiger partial charge in [0.15, 0.2) is 0 Å². The Morgan fingerprint density at radius 2 is 1.15 bits per heavy atom. The van der Waals surface area contributed by atoms with Crippen LogP contribution in [0.4, 0.5) is 0 Å². The molecule has 0 saturated heterocycles. The van der Waals surface area contributed by atoms with Crippen LogP contribution in [0.5, 0.6) is 11.5 Å². The van der Waals surface area contributed by atoms with Crippen molar-refractivity contribution in [1.29, 1.82) is 0 Å². The third kappa shape index (κ3) is 3.19. The van der Waals surface area contributed by atoms with Crippen LogP contribution in [0.1, 0.15) is 17.5 Å². The number of benzene rings is 5. The van der Waals surface area contributed by atoms with E-state index in [2.05, 4.69) is 112 Å². The number of fused-ring (bicyclic) bond motifs is 8. The molecule has 0 saturated carbocycles. The first-order chi connectivity index (χ1) is 16.7. The van der Waals surface area contributed by atoms with Crippen molar-refractivity contribution in [3.8, 4) is 22.6 Å². The van der Waals surface area contributed by atoms with Gasteiger partial charge >= 0.3 is 207 Å². The zero-order valence-electron chi connectivity index (χ0n) is 18.6. The van der Waals surface area contributed by atoms with Gasteiger partial charge in [-0.25, -0.2) is 0 Å². The van der Waals surface area contributed by atoms with Crippen molar-refractivity contribution < 1.29 is 9.05 Å². The maximum atomic E-state index is 6.97. The Bertz CT molecular complexity index is 1550. The quantitative estimate of drug-likeness (QED) is 0.164. The fourth-order valence-corrected chi connectivity index (χ4v) is 9.76. The molecule has 166 valence electrons. The van der Waals surface area contributed by atoms with Gasteiger partial charge in [0.2, 0.25) is 0 Å². The van der Waals surface area contributed by atoms with Crippen molar-refractivity contribution >= 4 is 42.6 Å². The van der Waals surface area contributed by atoms with E-state index < -0.39 is 5.96 Å². The Morgan fingerprint density at radius 1 is 0.618 bits per heavy atom. The summed E-state index contributed by atoms with van der Waals surface area (Å²) < 4.78 is 13.9. The minimum absolute atomic E-state index is 0.305. The maximum absolute atomic E-state index is 6.97. The average Bonchev–Trinajstić information content (AvgIpc) is 3.02. The Hall–Kier alpha value is -2.83. The normalized spacial score (nSPS) is 18.2. The summed E-state index contributed by atoms with van der Waals surface area (Å²) in [6, 6.07) is 34.6. The summed E-state index contributed by atoms with van der Waals surface area (Å²) >= 11 is 3.48. The molecule has 5 aromatic rings. The fraction of sp³-hybridized carbons (Fsp3) is 0.133. The van der Waals surface area contributed by atoms with Gasteiger partial charge in [-0.05, 0) is 0 Å². The molecule has 0 N–H and O–H groups in total. The Morgan fingerprint density at radius 3 is 1.76 bits per heavy atom. The molecular weight excluding hydrogens is 502 g/mol. The second-order valence-corrected chi connectivity index (χ2v) is 14.6. The summed E-state index contributed by atoms with van der Waals surface area (Å²) in [5.74, 6) is -0.551. The molecule has 2 nitrogen and oxygen atoms in total. The van der Waals surface area contributed by atoms with Crippen molar-refractivity contribution in [2.45, 2.75) is 24.9 Å². The van der Waals surface area contributed by atoms with Crippen molar-refractivity contribution in [3.05, 3.63) is 108 Å². The zero-order chi connectivity index (χ0) is 22.7. The molecule has 1 unspecified atom stereocenters. The van der Waals surface area contributed by atoms with E-state index >= 15 is 0 Å². The molecule has 2 aliphatic rings. The molecule has 34 heavy (non-hydrogen) atoms. The average molecular weight is 525 g/mol. The van der Waals surface area contributed by atoms with E-state index in [1.165, 1.54) is 32.7 Å². The third-order valence-electron chi connectivity index (χ3n) is 7.25. The van der Waals surface area contributed by atoms with Crippen LogP contribution < -0.4 is 9.05 Å². The molecule has 0 amide bonds. The zero-order valence-corrected chi connectivity index (χ0v) is 21.2. The van der Waals surface area contributed by atoms with Crippen LogP contribution in [0.25, 0.3) is 32.7 Å². The van der Waals surface area contributed by atoms with E-state index in [0.29, 0.717) is 5.66 Å². The Kier molecular flexibility index (Phi) is 4.74. The molecular formula is C30H23O2PSe. The minimum atomic E-state index is -2.38. The molecule has 0 spiro atoms. The number of hydrogen-bond acceptors (Lipinski definition) is 2. The molecule has 1 atom stereocenters. The standard InChI is InChI=1S/C30H23O2PSe/c34-33(24-16-13-20-7-1-2-10-23(20)19-24)31-27-17-14-21-8-3-5-11-25(21)29(27)30-26-12-6-4-9-22(26)15-18-28(30)32-33/h1-12,14-15,17-18,24H,13,16,19H2. The van der Waals surface area contributed by atoms with E-state index in [1.54, 1.807) is 0 Å². The van der Waals surface area contributed by atoms with Gasteiger partial charge in [0.1, 0.15) is 0 Å². The van der Waals surface area contributed by atoms with Crippen molar-refractivity contribution in [2.75, 3.05) is 0 Å². The summed E-state index contributed by atoms with van der Waals surface area (Å²) in [6.45, 7) is 0. The number of rotatable bonds is 1. The topological polar surface area (TPSA) is 18.5 Å². The molecule has 1 aliphatic carbocycles. The Labute approximate surface area is 206 Å². The molecule has 1 heterocycles. The molecule has 4 heteroatoms. The molecule has 0 radical (unpaired) electrons. The summed E-state index contributed by atoms with van der Waals surface area (Å²) in [4.78, 5) is 0. The van der Waals surface area contributed by atoms with Crippen molar-refractivity contribution in [3.63, 3.8) is 0 Å². The van der Waals surface area contributed by atoms with Crippen LogP contribution in [-0.4, -0.2) is 20.8 Å². The van der Waals surface area contributed by atoms with E-state index in [0.717, 1.165) is 41.9 Å². The molecule has 0 bridgehead atoms. The van der Waals surface area contributed by atoms with Gasteiger partial charge in [0, 0.05) is 0 Å². The molecule has 7 rings (SSSR count). The third-order valence-corrected chi connectivity index (χ3v) is 12.3. The number of aryl methyl sites for hydroxylation is 1. The molecule has 1 aliphatic heterocycles. The van der Waals surface area contributed by atoms with Gasteiger partial charge in [-0.3, -0.25) is 0 Å². The Balaban J connectivity index is 1.48. The van der Waals surface area contributed by atoms with Gasteiger partial charge in [-0.15, -0.1) is 0 Å². The monoisotopic (exact) mass is 526 g/mol. The number of hydrogen-bond donors (Lipinski definition) is 0. The second kappa shape index (κ2) is 7.85. The van der Waals surface area contributed by atoms with E-state index in [9.17, 15) is 0 Å². The molecule has 5 aromatic carbocycles. The van der Waals surface area contributed by atoms with Gasteiger partial charge < -0.3 is 0 Å². The van der Waals surface area contributed by atoms with Gasteiger partial charge in [0.05, 0.1) is 0 Å². The second-order valence-electron chi connectivity index (χ2n) is 9.21. The summed E-state index contributed by atoms with van der Waals surface area (Å²) in [6.07, 6.45) is 3.10. The summed E-state index contributed by atoms with van der Waals surface area (Å²) in [7, 11) is 0. The predicted octanol–water partition coefficient (Wildman–Crippen LogP) is 7.92. The van der Waals surface area contributed by atoms with Crippen LogP contribution in [0, 0.1) is 0 Å². The predicted molar refractivity (Wildman–Crippen MR) is 143 cm³/mol. The van der Waals surface area contributed by atoms with Crippen LogP contribution in [0.2, 0.25) is 0 Å². The van der Waals surface area contributed by atoms with E-state index in [1.807, 2.05) is 0 Å².